The maximum atomic E-state index is 11.0. The number of nitro groups is 1. The van der Waals surface area contributed by atoms with Crippen molar-refractivity contribution in [3.05, 3.63) is 47.0 Å². The molecule has 1 heterocycles. The van der Waals surface area contributed by atoms with Crippen LogP contribution in [0.1, 0.15) is 6.42 Å². The van der Waals surface area contributed by atoms with Crippen molar-refractivity contribution in [2.24, 2.45) is 0 Å². The van der Waals surface area contributed by atoms with Crippen LogP contribution in [0.25, 0.3) is 0 Å². The van der Waals surface area contributed by atoms with Crippen LogP contribution in [0, 0.1) is 10.1 Å². The number of aromatic nitrogens is 2. The summed E-state index contributed by atoms with van der Waals surface area (Å²) in [5, 5.41) is 14.0. The zero-order chi connectivity index (χ0) is 14.4. The van der Waals surface area contributed by atoms with Crippen LogP contribution in [-0.4, -0.2) is 28.1 Å². The molecule has 0 saturated heterocycles. The standard InChI is InChI=1S/C13H16N4O3/c1-20-11-3-4-13(17(18)19)12(9-11)15-5-2-7-16-8-6-14-10-16/h3-4,6,8-10,15H,2,5,7H2,1H3. The molecule has 0 aliphatic carbocycles. The SMILES string of the molecule is COc1ccc([N+](=O)[O-])c(NCCCn2ccnc2)c1. The Morgan fingerprint density at radius 3 is 3.00 bits per heavy atom. The Hall–Kier alpha value is -2.57. The van der Waals surface area contributed by atoms with E-state index in [4.69, 9.17) is 4.74 Å². The van der Waals surface area contributed by atoms with E-state index in [1.54, 1.807) is 24.7 Å². The summed E-state index contributed by atoms with van der Waals surface area (Å²) in [7, 11) is 1.53. The summed E-state index contributed by atoms with van der Waals surface area (Å²) >= 11 is 0. The van der Waals surface area contributed by atoms with Gasteiger partial charge in [-0.25, -0.2) is 4.98 Å². The fourth-order valence-electron chi connectivity index (χ4n) is 1.85. The molecule has 1 aromatic heterocycles. The molecule has 0 fully saturated rings. The van der Waals surface area contributed by atoms with E-state index in [0.29, 0.717) is 18.0 Å². The van der Waals surface area contributed by atoms with Gasteiger partial charge in [-0.3, -0.25) is 10.1 Å². The Bertz CT molecular complexity index is 569. The molecule has 7 nitrogen and oxygen atoms in total. The molecule has 2 rings (SSSR count). The van der Waals surface area contributed by atoms with E-state index in [-0.39, 0.29) is 5.69 Å². The predicted octanol–water partition coefficient (Wildman–Crippen LogP) is 2.30. The first-order valence-electron chi connectivity index (χ1n) is 6.23. The zero-order valence-electron chi connectivity index (χ0n) is 11.2. The van der Waals surface area contributed by atoms with Crippen molar-refractivity contribution in [2.45, 2.75) is 13.0 Å². The van der Waals surface area contributed by atoms with Crippen LogP contribution in [0.15, 0.2) is 36.9 Å². The molecule has 0 atom stereocenters. The van der Waals surface area contributed by atoms with Crippen molar-refractivity contribution in [1.82, 2.24) is 9.55 Å². The maximum absolute atomic E-state index is 11.0. The number of hydrogen-bond acceptors (Lipinski definition) is 5. The Morgan fingerprint density at radius 1 is 1.50 bits per heavy atom. The number of hydrogen-bond donors (Lipinski definition) is 1. The normalized spacial score (nSPS) is 10.2. The third-order valence-corrected chi connectivity index (χ3v) is 2.87. The van der Waals surface area contributed by atoms with Crippen LogP contribution in [0.2, 0.25) is 0 Å². The molecule has 1 aromatic carbocycles. The number of imidazole rings is 1. The number of nitrogens with one attached hydrogen (secondary N) is 1. The Balaban J connectivity index is 1.95. The number of anilines is 1. The van der Waals surface area contributed by atoms with Crippen molar-refractivity contribution >= 4 is 11.4 Å². The minimum absolute atomic E-state index is 0.0495. The van der Waals surface area contributed by atoms with Gasteiger partial charge in [-0.15, -0.1) is 0 Å². The van der Waals surface area contributed by atoms with Gasteiger partial charge in [0.25, 0.3) is 5.69 Å². The number of methoxy groups -OCH3 is 1. The molecule has 20 heavy (non-hydrogen) atoms. The van der Waals surface area contributed by atoms with E-state index < -0.39 is 4.92 Å². The number of nitrogens with zero attached hydrogens (tertiary/aromatic N) is 3. The quantitative estimate of drug-likeness (QED) is 0.476. The Morgan fingerprint density at radius 2 is 2.35 bits per heavy atom. The zero-order valence-corrected chi connectivity index (χ0v) is 11.2. The molecule has 0 bridgehead atoms. The highest BCUT2D eigenvalue weighted by atomic mass is 16.6. The number of rotatable bonds is 7. The van der Waals surface area contributed by atoms with Crippen LogP contribution < -0.4 is 10.1 Å². The van der Waals surface area contributed by atoms with Crippen LogP contribution in [0.3, 0.4) is 0 Å². The minimum atomic E-state index is -0.405. The third-order valence-electron chi connectivity index (χ3n) is 2.87. The van der Waals surface area contributed by atoms with E-state index in [2.05, 4.69) is 10.3 Å². The highest BCUT2D eigenvalue weighted by molar-refractivity contribution is 5.64. The van der Waals surface area contributed by atoms with Gasteiger partial charge in [-0.05, 0) is 12.5 Å². The van der Waals surface area contributed by atoms with Gasteiger partial charge in [0.15, 0.2) is 0 Å². The van der Waals surface area contributed by atoms with Crippen LogP contribution in [0.5, 0.6) is 5.75 Å². The summed E-state index contributed by atoms with van der Waals surface area (Å²) in [5.74, 6) is 0.590. The summed E-state index contributed by atoms with van der Waals surface area (Å²) in [6.07, 6.45) is 6.19. The summed E-state index contributed by atoms with van der Waals surface area (Å²) in [6.45, 7) is 1.44. The smallest absolute Gasteiger partial charge is 0.292 e. The second kappa shape index (κ2) is 6.55. The van der Waals surface area contributed by atoms with Gasteiger partial charge in [0.1, 0.15) is 11.4 Å². The van der Waals surface area contributed by atoms with E-state index in [9.17, 15) is 10.1 Å². The third kappa shape index (κ3) is 3.47. The number of aryl methyl sites for hydroxylation is 1. The molecule has 0 aliphatic rings. The molecule has 0 aliphatic heterocycles. The molecule has 7 heteroatoms. The summed E-state index contributed by atoms with van der Waals surface area (Å²) in [6, 6.07) is 4.65. The Labute approximate surface area is 116 Å². The number of benzene rings is 1. The van der Waals surface area contributed by atoms with Crippen LogP contribution in [-0.2, 0) is 6.54 Å². The summed E-state index contributed by atoms with van der Waals surface area (Å²) in [4.78, 5) is 14.5. The first kappa shape index (κ1) is 13.9. The summed E-state index contributed by atoms with van der Waals surface area (Å²) < 4.78 is 7.04. The lowest BCUT2D eigenvalue weighted by atomic mass is 10.2. The van der Waals surface area contributed by atoms with E-state index in [1.807, 2.05) is 10.8 Å². The topological polar surface area (TPSA) is 82.2 Å². The molecule has 0 radical (unpaired) electrons. The monoisotopic (exact) mass is 276 g/mol. The molecule has 0 amide bonds. The average Bonchev–Trinajstić information content (AvgIpc) is 2.96. The maximum Gasteiger partial charge on any atom is 0.292 e. The Kier molecular flexibility index (Phi) is 4.54. The van der Waals surface area contributed by atoms with Gasteiger partial charge < -0.3 is 14.6 Å². The van der Waals surface area contributed by atoms with Gasteiger partial charge in [-0.2, -0.15) is 0 Å². The molecule has 0 unspecified atom stereocenters. The van der Waals surface area contributed by atoms with Gasteiger partial charge in [0.05, 0.1) is 18.4 Å². The first-order valence-corrected chi connectivity index (χ1v) is 6.23. The lowest BCUT2D eigenvalue weighted by Gasteiger charge is -2.09. The van der Waals surface area contributed by atoms with Crippen molar-refractivity contribution in [2.75, 3.05) is 19.0 Å². The van der Waals surface area contributed by atoms with Gasteiger partial charge in [0.2, 0.25) is 0 Å². The molecule has 0 saturated carbocycles. The van der Waals surface area contributed by atoms with Gasteiger partial charge >= 0.3 is 0 Å². The fraction of sp³-hybridized carbons (Fsp3) is 0.308. The molecular weight excluding hydrogens is 260 g/mol. The largest absolute Gasteiger partial charge is 0.497 e. The minimum Gasteiger partial charge on any atom is -0.497 e. The van der Waals surface area contributed by atoms with Crippen molar-refractivity contribution in [1.29, 1.82) is 0 Å². The van der Waals surface area contributed by atoms with E-state index >= 15 is 0 Å². The van der Waals surface area contributed by atoms with Crippen LogP contribution >= 0.6 is 0 Å². The van der Waals surface area contributed by atoms with Crippen LogP contribution in [0.4, 0.5) is 11.4 Å². The summed E-state index contributed by atoms with van der Waals surface area (Å²) in [5.41, 5.74) is 0.522. The molecule has 2 aromatic rings. The van der Waals surface area contributed by atoms with Crippen molar-refractivity contribution < 1.29 is 9.66 Å². The highest BCUT2D eigenvalue weighted by Gasteiger charge is 2.13. The lowest BCUT2D eigenvalue weighted by Crippen LogP contribution is -2.07. The highest BCUT2D eigenvalue weighted by Crippen LogP contribution is 2.28. The van der Waals surface area contributed by atoms with Crippen molar-refractivity contribution in [3.63, 3.8) is 0 Å². The first-order chi connectivity index (χ1) is 9.70. The molecular formula is C13H16N4O3. The fourth-order valence-corrected chi connectivity index (χ4v) is 1.85. The number of ether oxygens (including phenoxy) is 1. The molecule has 106 valence electrons. The molecule has 1 N–H and O–H groups in total. The number of nitro benzene ring substituents is 1. The second-order valence-electron chi connectivity index (χ2n) is 4.22. The lowest BCUT2D eigenvalue weighted by molar-refractivity contribution is -0.384. The van der Waals surface area contributed by atoms with E-state index in [1.165, 1.54) is 13.2 Å². The molecule has 0 spiro atoms. The average molecular weight is 276 g/mol. The van der Waals surface area contributed by atoms with Crippen molar-refractivity contribution in [3.8, 4) is 5.75 Å². The predicted molar refractivity (Wildman–Crippen MR) is 75.0 cm³/mol. The second-order valence-corrected chi connectivity index (χ2v) is 4.22. The van der Waals surface area contributed by atoms with E-state index in [0.717, 1.165) is 13.0 Å². The van der Waals surface area contributed by atoms with Gasteiger partial charge in [-0.1, -0.05) is 0 Å². The van der Waals surface area contributed by atoms with Gasteiger partial charge in [0, 0.05) is 37.6 Å².